The normalized spacial score (nSPS) is 13.9. The van der Waals surface area contributed by atoms with Gasteiger partial charge in [0.15, 0.2) is 0 Å². The van der Waals surface area contributed by atoms with Gasteiger partial charge in [-0.3, -0.25) is 4.68 Å². The molecule has 0 bridgehead atoms. The van der Waals surface area contributed by atoms with E-state index in [0.29, 0.717) is 5.82 Å². The van der Waals surface area contributed by atoms with Gasteiger partial charge in [-0.15, -0.1) is 0 Å². The lowest BCUT2D eigenvalue weighted by Crippen LogP contribution is -2.26. The number of anilines is 1. The van der Waals surface area contributed by atoms with Gasteiger partial charge in [-0.1, -0.05) is 41.5 Å². The highest BCUT2D eigenvalue weighted by Crippen LogP contribution is 2.39. The maximum atomic E-state index is 6.26. The Balaban J connectivity index is 3.06. The van der Waals surface area contributed by atoms with Crippen LogP contribution in [0.1, 0.15) is 73.6 Å². The molecule has 0 fully saturated rings. The zero-order valence-electron chi connectivity index (χ0n) is 15.5. The van der Waals surface area contributed by atoms with Crippen LogP contribution in [0, 0.1) is 0 Å². The lowest BCUT2D eigenvalue weighted by molar-refractivity contribution is 0.358. The largest absolute Gasteiger partial charge is 0.383 e. The van der Waals surface area contributed by atoms with Crippen molar-refractivity contribution < 1.29 is 0 Å². The predicted octanol–water partition coefficient (Wildman–Crippen LogP) is 4.36. The first-order chi connectivity index (χ1) is 9.74. The molecule has 0 saturated carbocycles. The van der Waals surface area contributed by atoms with E-state index in [1.54, 1.807) is 0 Å². The van der Waals surface area contributed by atoms with Gasteiger partial charge >= 0.3 is 0 Å². The third-order valence-electron chi connectivity index (χ3n) is 3.88. The zero-order chi connectivity index (χ0) is 17.1. The molecule has 2 rings (SSSR count). The minimum absolute atomic E-state index is 0.0167. The number of nitrogens with two attached hydrogens (primary N) is 1. The number of hydrogen-bond donors (Lipinski definition) is 1. The molecule has 0 aromatic carbocycles. The second-order valence-corrected chi connectivity index (χ2v) is 9.21. The van der Waals surface area contributed by atoms with Crippen molar-refractivity contribution in [1.29, 1.82) is 0 Å². The molecule has 0 radical (unpaired) electrons. The summed E-state index contributed by atoms with van der Waals surface area (Å²) in [6, 6.07) is 0. The van der Waals surface area contributed by atoms with Crippen molar-refractivity contribution in [3.05, 3.63) is 17.5 Å². The van der Waals surface area contributed by atoms with E-state index in [0.717, 1.165) is 16.6 Å². The van der Waals surface area contributed by atoms with Crippen LogP contribution in [0.25, 0.3) is 10.9 Å². The van der Waals surface area contributed by atoms with Gasteiger partial charge in [-0.25, -0.2) is 4.98 Å². The summed E-state index contributed by atoms with van der Waals surface area (Å²) in [6.07, 6.45) is 1.91. The van der Waals surface area contributed by atoms with Gasteiger partial charge in [0.1, 0.15) is 5.82 Å². The molecule has 0 saturated heterocycles. The van der Waals surface area contributed by atoms with Crippen LogP contribution >= 0.6 is 0 Å². The van der Waals surface area contributed by atoms with Gasteiger partial charge in [-0.2, -0.15) is 5.10 Å². The quantitative estimate of drug-likeness (QED) is 0.786. The molecule has 0 spiro atoms. The molecular formula is C18H30N4. The first-order valence-corrected chi connectivity index (χ1v) is 7.93. The van der Waals surface area contributed by atoms with Crippen molar-refractivity contribution in [1.82, 2.24) is 14.8 Å². The fraction of sp³-hybridized carbons (Fsp3) is 0.667. The van der Waals surface area contributed by atoms with Crippen LogP contribution in [-0.2, 0) is 16.4 Å². The Morgan fingerprint density at radius 3 is 1.86 bits per heavy atom. The van der Waals surface area contributed by atoms with E-state index >= 15 is 0 Å². The second-order valence-electron chi connectivity index (χ2n) is 9.21. The number of nitrogen functional groups attached to an aromatic ring is 1. The molecule has 0 aliphatic rings. The average molecular weight is 302 g/mol. The number of hydrogen-bond acceptors (Lipinski definition) is 3. The van der Waals surface area contributed by atoms with Crippen LogP contribution in [0.5, 0.6) is 0 Å². The van der Waals surface area contributed by atoms with Crippen molar-refractivity contribution >= 4 is 16.7 Å². The molecule has 0 atom stereocenters. The maximum Gasteiger partial charge on any atom is 0.134 e. The van der Waals surface area contributed by atoms with E-state index in [1.807, 2.05) is 6.20 Å². The topological polar surface area (TPSA) is 56.7 Å². The van der Waals surface area contributed by atoms with E-state index in [-0.39, 0.29) is 16.4 Å². The highest BCUT2D eigenvalue weighted by Gasteiger charge is 2.32. The molecule has 2 heterocycles. The van der Waals surface area contributed by atoms with Gasteiger partial charge < -0.3 is 5.73 Å². The van der Waals surface area contributed by atoms with Crippen LogP contribution in [0.2, 0.25) is 0 Å². The highest BCUT2D eigenvalue weighted by molar-refractivity contribution is 5.94. The summed E-state index contributed by atoms with van der Waals surface area (Å²) in [6.45, 7) is 19.7. The predicted molar refractivity (Wildman–Crippen MR) is 94.3 cm³/mol. The molecule has 4 heteroatoms. The number of pyridine rings is 1. The van der Waals surface area contributed by atoms with Gasteiger partial charge in [0.25, 0.3) is 0 Å². The van der Waals surface area contributed by atoms with E-state index in [2.05, 4.69) is 72.0 Å². The Labute approximate surface area is 134 Å². The molecule has 2 aromatic rings. The molecule has 2 N–H and O–H groups in total. The Morgan fingerprint density at radius 1 is 0.909 bits per heavy atom. The summed E-state index contributed by atoms with van der Waals surface area (Å²) in [5.74, 6) is 0.573. The minimum Gasteiger partial charge on any atom is -0.383 e. The number of fused-ring (bicyclic) bond motifs is 1. The molecular weight excluding hydrogens is 272 g/mol. The van der Waals surface area contributed by atoms with Gasteiger partial charge in [0.05, 0.1) is 22.1 Å². The SMILES string of the molecule is CC(C)(C)c1nn(C(C)(C)C)c2c(C(C)(C)C)cnc(N)c12. The van der Waals surface area contributed by atoms with E-state index in [9.17, 15) is 0 Å². The average Bonchev–Trinajstić information content (AvgIpc) is 2.67. The van der Waals surface area contributed by atoms with Crippen LogP contribution in [-0.4, -0.2) is 14.8 Å². The third kappa shape index (κ3) is 2.71. The summed E-state index contributed by atoms with van der Waals surface area (Å²) >= 11 is 0. The molecule has 0 amide bonds. The third-order valence-corrected chi connectivity index (χ3v) is 3.88. The summed E-state index contributed by atoms with van der Waals surface area (Å²) in [5, 5.41) is 5.97. The number of rotatable bonds is 0. The molecule has 4 nitrogen and oxygen atoms in total. The molecule has 122 valence electrons. The van der Waals surface area contributed by atoms with Crippen molar-refractivity contribution in [2.45, 2.75) is 78.7 Å². The summed E-state index contributed by atoms with van der Waals surface area (Å²) in [7, 11) is 0. The van der Waals surface area contributed by atoms with Gasteiger partial charge in [0.2, 0.25) is 0 Å². The molecule has 0 aliphatic heterocycles. The summed E-state index contributed by atoms with van der Waals surface area (Å²) < 4.78 is 2.13. The first-order valence-electron chi connectivity index (χ1n) is 7.93. The second kappa shape index (κ2) is 4.71. The van der Waals surface area contributed by atoms with Crippen LogP contribution < -0.4 is 5.73 Å². The number of aromatic nitrogens is 3. The maximum absolute atomic E-state index is 6.26. The Hall–Kier alpha value is -1.58. The fourth-order valence-electron chi connectivity index (χ4n) is 2.73. The van der Waals surface area contributed by atoms with Gasteiger partial charge in [-0.05, 0) is 26.2 Å². The Bertz CT molecular complexity index is 704. The van der Waals surface area contributed by atoms with Crippen LogP contribution in [0.15, 0.2) is 6.20 Å². The smallest absolute Gasteiger partial charge is 0.134 e. The van der Waals surface area contributed by atoms with E-state index < -0.39 is 0 Å². The highest BCUT2D eigenvalue weighted by atomic mass is 15.3. The molecule has 0 unspecified atom stereocenters. The molecule has 2 aromatic heterocycles. The van der Waals surface area contributed by atoms with Crippen molar-refractivity contribution in [2.24, 2.45) is 0 Å². The molecule has 22 heavy (non-hydrogen) atoms. The Kier molecular flexibility index (Phi) is 3.59. The zero-order valence-corrected chi connectivity index (χ0v) is 15.5. The summed E-state index contributed by atoms with van der Waals surface area (Å²) in [5.41, 5.74) is 9.38. The summed E-state index contributed by atoms with van der Waals surface area (Å²) in [4.78, 5) is 4.47. The Morgan fingerprint density at radius 2 is 1.45 bits per heavy atom. The number of nitrogens with zero attached hydrogens (tertiary/aromatic N) is 3. The van der Waals surface area contributed by atoms with Crippen LogP contribution in [0.3, 0.4) is 0 Å². The first kappa shape index (κ1) is 16.8. The lowest BCUT2D eigenvalue weighted by atomic mass is 9.84. The van der Waals surface area contributed by atoms with Crippen molar-refractivity contribution in [3.8, 4) is 0 Å². The minimum atomic E-state index is -0.116. The molecule has 0 aliphatic carbocycles. The standard InChI is InChI=1S/C18H30N4/c1-16(2,3)11-10-20-15(19)12-13(11)22(18(7,8)9)21-14(12)17(4,5)6/h10H,1-9H3,(H2,19,20). The lowest BCUT2D eigenvalue weighted by Gasteiger charge is -2.26. The van der Waals surface area contributed by atoms with E-state index in [1.165, 1.54) is 5.56 Å². The monoisotopic (exact) mass is 302 g/mol. The van der Waals surface area contributed by atoms with Crippen molar-refractivity contribution in [2.75, 3.05) is 5.73 Å². The fourth-order valence-corrected chi connectivity index (χ4v) is 2.73. The van der Waals surface area contributed by atoms with E-state index in [4.69, 9.17) is 10.8 Å². The van der Waals surface area contributed by atoms with Gasteiger partial charge in [0, 0.05) is 17.2 Å². The van der Waals surface area contributed by atoms with Crippen LogP contribution in [0.4, 0.5) is 5.82 Å². The van der Waals surface area contributed by atoms with Crippen molar-refractivity contribution in [3.63, 3.8) is 0 Å².